The van der Waals surface area contributed by atoms with Crippen molar-refractivity contribution in [3.63, 3.8) is 0 Å². The first-order chi connectivity index (χ1) is 14.6. The Morgan fingerprint density at radius 2 is 2.00 bits per heavy atom. The summed E-state index contributed by atoms with van der Waals surface area (Å²) in [5.41, 5.74) is 0.908. The van der Waals surface area contributed by atoms with Gasteiger partial charge in [0.05, 0.1) is 19.8 Å². The number of aromatic amines is 1. The number of benzene rings is 1. The van der Waals surface area contributed by atoms with Gasteiger partial charge < -0.3 is 19.4 Å². The molecule has 0 spiro atoms. The van der Waals surface area contributed by atoms with Crippen molar-refractivity contribution in [3.8, 4) is 22.2 Å². The second kappa shape index (κ2) is 8.66. The fourth-order valence-electron chi connectivity index (χ4n) is 3.63. The maximum atomic E-state index is 13.0. The summed E-state index contributed by atoms with van der Waals surface area (Å²) in [6.07, 6.45) is 3.13. The molecule has 3 heterocycles. The van der Waals surface area contributed by atoms with Gasteiger partial charge in [0.15, 0.2) is 0 Å². The van der Waals surface area contributed by atoms with Crippen molar-refractivity contribution in [1.29, 1.82) is 0 Å². The van der Waals surface area contributed by atoms with Crippen molar-refractivity contribution in [1.82, 2.24) is 19.9 Å². The molecular formula is C21H22N4O4S. The Morgan fingerprint density at radius 3 is 2.67 bits per heavy atom. The number of likely N-dealkylation sites (tertiary alicyclic amines) is 1. The van der Waals surface area contributed by atoms with E-state index >= 15 is 0 Å². The van der Waals surface area contributed by atoms with Crippen LogP contribution in [-0.4, -0.2) is 53.1 Å². The summed E-state index contributed by atoms with van der Waals surface area (Å²) in [5.74, 6) is 1.79. The van der Waals surface area contributed by atoms with Gasteiger partial charge in [-0.05, 0) is 25.0 Å². The molecule has 30 heavy (non-hydrogen) atoms. The van der Waals surface area contributed by atoms with Crippen LogP contribution in [0.3, 0.4) is 0 Å². The van der Waals surface area contributed by atoms with Crippen LogP contribution in [0.4, 0.5) is 0 Å². The van der Waals surface area contributed by atoms with Crippen LogP contribution < -0.4 is 15.0 Å². The summed E-state index contributed by atoms with van der Waals surface area (Å²) in [4.78, 5) is 38.7. The number of thiazole rings is 1. The largest absolute Gasteiger partial charge is 0.497 e. The summed E-state index contributed by atoms with van der Waals surface area (Å²) in [5, 5.41) is 2.58. The smallest absolute Gasteiger partial charge is 0.257 e. The van der Waals surface area contributed by atoms with Crippen molar-refractivity contribution in [2.24, 2.45) is 0 Å². The average Bonchev–Trinajstić information content (AvgIpc) is 3.33. The van der Waals surface area contributed by atoms with Crippen molar-refractivity contribution in [2.45, 2.75) is 18.8 Å². The molecule has 0 aliphatic carbocycles. The monoisotopic (exact) mass is 426 g/mol. The number of aromatic nitrogens is 3. The molecule has 3 aromatic rings. The van der Waals surface area contributed by atoms with Crippen LogP contribution in [0.1, 0.15) is 34.9 Å². The molecule has 9 heteroatoms. The zero-order chi connectivity index (χ0) is 21.1. The molecule has 0 atom stereocenters. The highest BCUT2D eigenvalue weighted by Crippen LogP contribution is 2.30. The lowest BCUT2D eigenvalue weighted by molar-refractivity contribution is 0.0707. The number of rotatable bonds is 5. The van der Waals surface area contributed by atoms with E-state index in [1.54, 1.807) is 31.5 Å². The average molecular weight is 426 g/mol. The van der Waals surface area contributed by atoms with E-state index in [1.807, 2.05) is 10.3 Å². The maximum Gasteiger partial charge on any atom is 0.257 e. The number of H-pyrrole nitrogens is 1. The Balaban J connectivity index is 1.48. The molecule has 1 aliphatic rings. The van der Waals surface area contributed by atoms with E-state index < -0.39 is 0 Å². The van der Waals surface area contributed by atoms with Gasteiger partial charge in [0.1, 0.15) is 28.0 Å². The lowest BCUT2D eigenvalue weighted by atomic mass is 9.95. The minimum atomic E-state index is -0.188. The third kappa shape index (κ3) is 4.06. The third-order valence-electron chi connectivity index (χ3n) is 5.22. The summed E-state index contributed by atoms with van der Waals surface area (Å²) >= 11 is 1.45. The summed E-state index contributed by atoms with van der Waals surface area (Å²) in [6.45, 7) is 1.15. The second-order valence-electron chi connectivity index (χ2n) is 6.99. The SMILES string of the molecule is COc1ccc(C(=O)N2CCC(c3nc(-c4nccs4)cc(=O)[nH]3)CC2)c(OC)c1. The van der Waals surface area contributed by atoms with E-state index in [0.29, 0.717) is 54.5 Å². The van der Waals surface area contributed by atoms with Crippen molar-refractivity contribution >= 4 is 17.2 Å². The minimum absolute atomic E-state index is 0.0778. The number of amides is 1. The van der Waals surface area contributed by atoms with E-state index in [2.05, 4.69) is 15.0 Å². The van der Waals surface area contributed by atoms with Crippen LogP contribution in [0, 0.1) is 0 Å². The number of nitrogens with one attached hydrogen (secondary N) is 1. The lowest BCUT2D eigenvalue weighted by Gasteiger charge is -2.32. The van der Waals surface area contributed by atoms with E-state index in [1.165, 1.54) is 24.5 Å². The topological polar surface area (TPSA) is 97.4 Å². The van der Waals surface area contributed by atoms with Crippen molar-refractivity contribution in [2.75, 3.05) is 27.3 Å². The van der Waals surface area contributed by atoms with Gasteiger partial charge >= 0.3 is 0 Å². The Bertz CT molecular complexity index is 1090. The first-order valence-electron chi connectivity index (χ1n) is 9.61. The van der Waals surface area contributed by atoms with Gasteiger partial charge in [-0.3, -0.25) is 9.59 Å². The predicted molar refractivity (Wildman–Crippen MR) is 113 cm³/mol. The van der Waals surface area contributed by atoms with Gasteiger partial charge in [0, 0.05) is 42.7 Å². The fraction of sp³-hybridized carbons (Fsp3) is 0.333. The van der Waals surface area contributed by atoms with Crippen LogP contribution in [0.5, 0.6) is 11.5 Å². The van der Waals surface area contributed by atoms with Gasteiger partial charge in [0.25, 0.3) is 11.5 Å². The summed E-state index contributed by atoms with van der Waals surface area (Å²) in [7, 11) is 3.11. The van der Waals surface area contributed by atoms with Gasteiger partial charge in [-0.15, -0.1) is 11.3 Å². The molecule has 8 nitrogen and oxygen atoms in total. The molecule has 1 aromatic carbocycles. The number of ether oxygens (including phenoxy) is 2. The standard InChI is InChI=1S/C21H22N4O4S/c1-28-14-3-4-15(17(11-14)29-2)21(27)25-8-5-13(6-9-25)19-23-16(12-18(26)24-19)20-22-7-10-30-20/h3-4,7,10-13H,5-6,8-9H2,1-2H3,(H,23,24,26). The van der Waals surface area contributed by atoms with Gasteiger partial charge in [0.2, 0.25) is 0 Å². The quantitative estimate of drug-likeness (QED) is 0.674. The first kappa shape index (κ1) is 20.1. The van der Waals surface area contributed by atoms with Crippen molar-refractivity contribution < 1.29 is 14.3 Å². The van der Waals surface area contributed by atoms with E-state index in [9.17, 15) is 9.59 Å². The number of carbonyl (C=O) groups excluding carboxylic acids is 1. The number of hydrogen-bond donors (Lipinski definition) is 1. The van der Waals surface area contributed by atoms with Crippen LogP contribution in [0.25, 0.3) is 10.7 Å². The summed E-state index contributed by atoms with van der Waals surface area (Å²) in [6, 6.07) is 6.65. The number of piperidine rings is 1. The Kier molecular flexibility index (Phi) is 5.80. The molecule has 1 amide bonds. The number of hydrogen-bond acceptors (Lipinski definition) is 7. The molecule has 0 bridgehead atoms. The zero-order valence-electron chi connectivity index (χ0n) is 16.8. The number of carbonyl (C=O) groups is 1. The number of methoxy groups -OCH3 is 2. The first-order valence-corrected chi connectivity index (χ1v) is 10.5. The Hall–Kier alpha value is -3.20. The highest BCUT2D eigenvalue weighted by Gasteiger charge is 2.28. The Morgan fingerprint density at radius 1 is 1.20 bits per heavy atom. The Labute approximate surface area is 177 Å². The van der Waals surface area contributed by atoms with Gasteiger partial charge in [-0.25, -0.2) is 9.97 Å². The molecule has 0 unspecified atom stereocenters. The van der Waals surface area contributed by atoms with Crippen LogP contribution >= 0.6 is 11.3 Å². The van der Waals surface area contributed by atoms with Gasteiger partial charge in [-0.2, -0.15) is 0 Å². The highest BCUT2D eigenvalue weighted by molar-refractivity contribution is 7.13. The van der Waals surface area contributed by atoms with Crippen LogP contribution in [0.2, 0.25) is 0 Å². The second-order valence-corrected chi connectivity index (χ2v) is 7.88. The van der Waals surface area contributed by atoms with E-state index in [0.717, 1.165) is 5.01 Å². The molecule has 4 rings (SSSR count). The fourth-order valence-corrected chi connectivity index (χ4v) is 4.23. The lowest BCUT2D eigenvalue weighted by Crippen LogP contribution is -2.38. The normalized spacial score (nSPS) is 14.5. The third-order valence-corrected chi connectivity index (χ3v) is 6.02. The molecule has 1 aliphatic heterocycles. The molecule has 1 saturated heterocycles. The predicted octanol–water partition coefficient (Wildman–Crippen LogP) is 2.93. The van der Waals surface area contributed by atoms with Gasteiger partial charge in [-0.1, -0.05) is 0 Å². The minimum Gasteiger partial charge on any atom is -0.497 e. The maximum absolute atomic E-state index is 13.0. The zero-order valence-corrected chi connectivity index (χ0v) is 17.6. The van der Waals surface area contributed by atoms with E-state index in [4.69, 9.17) is 9.47 Å². The molecule has 156 valence electrons. The molecule has 1 N–H and O–H groups in total. The molecule has 0 radical (unpaired) electrons. The summed E-state index contributed by atoms with van der Waals surface area (Å²) < 4.78 is 10.6. The highest BCUT2D eigenvalue weighted by atomic mass is 32.1. The van der Waals surface area contributed by atoms with Crippen LogP contribution in [-0.2, 0) is 0 Å². The van der Waals surface area contributed by atoms with Crippen molar-refractivity contribution in [3.05, 3.63) is 57.6 Å². The molecule has 0 saturated carbocycles. The molecular weight excluding hydrogens is 404 g/mol. The molecule has 2 aromatic heterocycles. The van der Waals surface area contributed by atoms with E-state index in [-0.39, 0.29) is 17.4 Å². The number of nitrogens with zero attached hydrogens (tertiary/aromatic N) is 3. The molecule has 1 fully saturated rings. The van der Waals surface area contributed by atoms with Crippen LogP contribution in [0.15, 0.2) is 40.6 Å².